The van der Waals surface area contributed by atoms with Crippen molar-refractivity contribution in [2.75, 3.05) is 11.5 Å². The van der Waals surface area contributed by atoms with E-state index in [1.807, 2.05) is 23.5 Å². The number of hydrogen-bond acceptors (Lipinski definition) is 3. The lowest BCUT2D eigenvalue weighted by Crippen LogP contribution is -2.17. The molecular weight excluding hydrogens is 188 g/mol. The lowest BCUT2D eigenvalue weighted by atomic mass is 10.1. The first-order chi connectivity index (χ1) is 5.88. The molecule has 2 fully saturated rings. The number of fused-ring (bicyclic) bond motifs is 1. The molecule has 3 rings (SSSR count). The molecule has 0 saturated carbocycles. The van der Waals surface area contributed by atoms with Crippen LogP contribution in [0.4, 0.5) is 0 Å². The first-order valence-corrected chi connectivity index (χ1v) is 6.47. The van der Waals surface area contributed by atoms with Crippen molar-refractivity contribution in [2.45, 2.75) is 23.2 Å². The molecule has 0 amide bonds. The quantitative estimate of drug-likeness (QED) is 0.556. The molecule has 12 heavy (non-hydrogen) atoms. The standard InChI is InChI=1S/C9H12OS2/c1-2-7-6-9(10-8(7)3-1)11-4-5-12-9/h1-2,7-8H,3-6H2. The molecule has 0 aromatic rings. The predicted octanol–water partition coefficient (Wildman–Crippen LogP) is 2.49. The molecule has 2 saturated heterocycles. The van der Waals surface area contributed by atoms with Gasteiger partial charge in [-0.1, -0.05) is 12.2 Å². The van der Waals surface area contributed by atoms with E-state index >= 15 is 0 Å². The summed E-state index contributed by atoms with van der Waals surface area (Å²) >= 11 is 4.03. The van der Waals surface area contributed by atoms with Crippen LogP contribution in [0.3, 0.4) is 0 Å². The summed E-state index contributed by atoms with van der Waals surface area (Å²) < 4.78 is 6.26. The van der Waals surface area contributed by atoms with Gasteiger partial charge in [0.05, 0.1) is 6.10 Å². The van der Waals surface area contributed by atoms with Crippen LogP contribution in [0.25, 0.3) is 0 Å². The van der Waals surface area contributed by atoms with E-state index in [9.17, 15) is 0 Å². The van der Waals surface area contributed by atoms with Gasteiger partial charge in [-0.05, 0) is 6.42 Å². The Bertz CT molecular complexity index is 221. The topological polar surface area (TPSA) is 9.23 Å². The SMILES string of the molecule is C1=CC2CC3(OC2C1)SCCS3. The highest BCUT2D eigenvalue weighted by molar-refractivity contribution is 8.21. The third-order valence-electron chi connectivity index (χ3n) is 2.77. The van der Waals surface area contributed by atoms with Gasteiger partial charge < -0.3 is 4.74 Å². The van der Waals surface area contributed by atoms with Gasteiger partial charge in [-0.3, -0.25) is 0 Å². The van der Waals surface area contributed by atoms with Crippen LogP contribution in [0.2, 0.25) is 0 Å². The highest BCUT2D eigenvalue weighted by Crippen LogP contribution is 2.56. The lowest BCUT2D eigenvalue weighted by Gasteiger charge is -2.21. The second-order valence-electron chi connectivity index (χ2n) is 3.57. The summed E-state index contributed by atoms with van der Waals surface area (Å²) in [4.78, 5) is 0. The van der Waals surface area contributed by atoms with Crippen LogP contribution in [0, 0.1) is 5.92 Å². The van der Waals surface area contributed by atoms with Gasteiger partial charge in [0.1, 0.15) is 0 Å². The van der Waals surface area contributed by atoms with Crippen molar-refractivity contribution >= 4 is 23.5 Å². The summed E-state index contributed by atoms with van der Waals surface area (Å²) in [7, 11) is 0. The van der Waals surface area contributed by atoms with E-state index in [0.717, 1.165) is 12.3 Å². The largest absolute Gasteiger partial charge is 0.351 e. The normalized spacial score (nSPS) is 42.7. The van der Waals surface area contributed by atoms with Gasteiger partial charge in [-0.15, -0.1) is 23.5 Å². The molecule has 0 N–H and O–H groups in total. The Morgan fingerprint density at radius 3 is 2.92 bits per heavy atom. The molecule has 1 spiro atoms. The van der Waals surface area contributed by atoms with Crippen molar-refractivity contribution in [3.63, 3.8) is 0 Å². The van der Waals surface area contributed by atoms with E-state index in [0.29, 0.717) is 6.10 Å². The molecule has 3 aliphatic rings. The molecular formula is C9H12OS2. The van der Waals surface area contributed by atoms with E-state index in [4.69, 9.17) is 4.74 Å². The summed E-state index contributed by atoms with van der Waals surface area (Å²) in [5, 5.41) is 0. The molecule has 1 aliphatic carbocycles. The number of thioether (sulfide) groups is 2. The molecule has 2 atom stereocenters. The Hall–Kier alpha value is 0.400. The third-order valence-corrected chi connectivity index (χ3v) is 5.96. The Morgan fingerprint density at radius 2 is 2.17 bits per heavy atom. The van der Waals surface area contributed by atoms with E-state index in [1.54, 1.807) is 0 Å². The first-order valence-electron chi connectivity index (χ1n) is 4.50. The molecule has 3 heteroatoms. The molecule has 2 aliphatic heterocycles. The fourth-order valence-corrected chi connectivity index (χ4v) is 5.34. The minimum atomic E-state index is 0.167. The van der Waals surface area contributed by atoms with Gasteiger partial charge in [0.15, 0.2) is 4.27 Å². The Kier molecular flexibility index (Phi) is 1.74. The summed E-state index contributed by atoms with van der Waals surface area (Å²) in [6, 6.07) is 0. The fraction of sp³-hybridized carbons (Fsp3) is 0.778. The first kappa shape index (κ1) is 7.77. The van der Waals surface area contributed by atoms with E-state index in [-0.39, 0.29) is 4.27 Å². The average molecular weight is 200 g/mol. The predicted molar refractivity (Wildman–Crippen MR) is 54.4 cm³/mol. The molecule has 66 valence electrons. The van der Waals surface area contributed by atoms with E-state index < -0.39 is 0 Å². The summed E-state index contributed by atoms with van der Waals surface area (Å²) in [6.45, 7) is 0. The van der Waals surface area contributed by atoms with Crippen LogP contribution in [0.1, 0.15) is 12.8 Å². The smallest absolute Gasteiger partial charge is 0.161 e. The molecule has 0 aromatic heterocycles. The monoisotopic (exact) mass is 200 g/mol. The van der Waals surface area contributed by atoms with Gasteiger partial charge in [0.25, 0.3) is 0 Å². The van der Waals surface area contributed by atoms with Crippen LogP contribution in [-0.2, 0) is 4.74 Å². The van der Waals surface area contributed by atoms with Crippen molar-refractivity contribution in [1.82, 2.24) is 0 Å². The maximum absolute atomic E-state index is 6.10. The maximum Gasteiger partial charge on any atom is 0.161 e. The zero-order valence-corrected chi connectivity index (χ0v) is 8.50. The third kappa shape index (κ3) is 1.06. The van der Waals surface area contributed by atoms with Crippen LogP contribution in [0.15, 0.2) is 12.2 Å². The van der Waals surface area contributed by atoms with Crippen LogP contribution in [0.5, 0.6) is 0 Å². The Morgan fingerprint density at radius 1 is 1.33 bits per heavy atom. The lowest BCUT2D eigenvalue weighted by molar-refractivity contribution is 0.0729. The number of hydrogen-bond donors (Lipinski definition) is 0. The molecule has 0 radical (unpaired) electrons. The van der Waals surface area contributed by atoms with Crippen molar-refractivity contribution in [1.29, 1.82) is 0 Å². The number of ether oxygens (including phenoxy) is 1. The number of rotatable bonds is 0. The summed E-state index contributed by atoms with van der Waals surface area (Å²) in [5.41, 5.74) is 0. The van der Waals surface area contributed by atoms with Crippen molar-refractivity contribution in [3.05, 3.63) is 12.2 Å². The van der Waals surface area contributed by atoms with E-state index in [2.05, 4.69) is 12.2 Å². The Labute approximate surface area is 81.3 Å². The second-order valence-corrected chi connectivity index (χ2v) is 6.54. The van der Waals surface area contributed by atoms with Crippen molar-refractivity contribution in [2.24, 2.45) is 5.92 Å². The van der Waals surface area contributed by atoms with Gasteiger partial charge >= 0.3 is 0 Å². The summed E-state index contributed by atoms with van der Waals surface area (Å²) in [6.07, 6.45) is 7.52. The van der Waals surface area contributed by atoms with Crippen LogP contribution >= 0.6 is 23.5 Å². The molecule has 2 unspecified atom stereocenters. The fourth-order valence-electron chi connectivity index (χ4n) is 2.21. The second kappa shape index (κ2) is 2.69. The minimum Gasteiger partial charge on any atom is -0.351 e. The van der Waals surface area contributed by atoms with Gasteiger partial charge in [-0.25, -0.2) is 0 Å². The molecule has 0 aromatic carbocycles. The molecule has 0 bridgehead atoms. The summed E-state index contributed by atoms with van der Waals surface area (Å²) in [5.74, 6) is 3.27. The highest BCUT2D eigenvalue weighted by Gasteiger charge is 2.49. The zero-order chi connectivity index (χ0) is 8.02. The van der Waals surface area contributed by atoms with Crippen molar-refractivity contribution in [3.8, 4) is 0 Å². The van der Waals surface area contributed by atoms with Crippen LogP contribution < -0.4 is 0 Å². The van der Waals surface area contributed by atoms with E-state index in [1.165, 1.54) is 17.9 Å². The van der Waals surface area contributed by atoms with Gasteiger partial charge in [-0.2, -0.15) is 0 Å². The van der Waals surface area contributed by atoms with Gasteiger partial charge in [0, 0.05) is 23.8 Å². The van der Waals surface area contributed by atoms with Crippen LogP contribution in [-0.4, -0.2) is 21.9 Å². The maximum atomic E-state index is 6.10. The average Bonchev–Trinajstić information content (AvgIpc) is 2.66. The molecule has 2 heterocycles. The zero-order valence-electron chi connectivity index (χ0n) is 6.86. The molecule has 1 nitrogen and oxygen atoms in total. The Balaban J connectivity index is 1.81. The minimum absolute atomic E-state index is 0.167. The van der Waals surface area contributed by atoms with Gasteiger partial charge in [0.2, 0.25) is 0 Å². The highest BCUT2D eigenvalue weighted by atomic mass is 32.2. The van der Waals surface area contributed by atoms with Crippen molar-refractivity contribution < 1.29 is 4.74 Å².